The van der Waals surface area contributed by atoms with Gasteiger partial charge in [-0.3, -0.25) is 0 Å². The van der Waals surface area contributed by atoms with Crippen molar-refractivity contribution in [2.24, 2.45) is 4.99 Å². The van der Waals surface area contributed by atoms with Crippen LogP contribution in [0.5, 0.6) is 5.88 Å². The van der Waals surface area contributed by atoms with Crippen LogP contribution in [0.15, 0.2) is 51.0 Å². The van der Waals surface area contributed by atoms with Crippen molar-refractivity contribution >= 4 is 28.0 Å². The monoisotopic (exact) mass is 387 g/mol. The van der Waals surface area contributed by atoms with E-state index in [9.17, 15) is 0 Å². The van der Waals surface area contributed by atoms with Gasteiger partial charge in [-0.15, -0.1) is 0 Å². The molecule has 1 atom stereocenters. The molecule has 1 heterocycles. The molecule has 126 valence electrons. The van der Waals surface area contributed by atoms with E-state index in [-0.39, 0.29) is 6.10 Å². The smallest absolute Gasteiger partial charge is 0.228 e. The number of fused-ring (bicyclic) bond motifs is 1. The molecule has 0 saturated carbocycles. The van der Waals surface area contributed by atoms with Gasteiger partial charge in [0.25, 0.3) is 0 Å². The summed E-state index contributed by atoms with van der Waals surface area (Å²) < 4.78 is 6.95. The highest BCUT2D eigenvalue weighted by molar-refractivity contribution is 9.10. The predicted octanol–water partition coefficient (Wildman–Crippen LogP) is 4.73. The minimum absolute atomic E-state index is 0.0509. The van der Waals surface area contributed by atoms with Crippen molar-refractivity contribution in [3.63, 3.8) is 0 Å². The molecule has 2 aliphatic rings. The first-order chi connectivity index (χ1) is 11.6. The van der Waals surface area contributed by atoms with Crippen LogP contribution in [0.3, 0.4) is 0 Å². The largest absolute Gasteiger partial charge is 0.469 e. The van der Waals surface area contributed by atoms with Crippen LogP contribution in [-0.2, 0) is 0 Å². The van der Waals surface area contributed by atoms with Crippen LogP contribution in [-0.4, -0.2) is 35.9 Å². The molecule has 5 heteroatoms. The molecular formula is C19H22BrN3O. The van der Waals surface area contributed by atoms with Gasteiger partial charge >= 0.3 is 0 Å². The maximum Gasteiger partial charge on any atom is 0.228 e. The number of hydrogen-bond donors (Lipinski definition) is 0. The van der Waals surface area contributed by atoms with Gasteiger partial charge in [0.2, 0.25) is 5.88 Å². The van der Waals surface area contributed by atoms with Gasteiger partial charge < -0.3 is 9.64 Å². The quantitative estimate of drug-likeness (QED) is 0.541. The molecule has 4 nitrogen and oxygen atoms in total. The van der Waals surface area contributed by atoms with Crippen molar-refractivity contribution in [1.29, 1.82) is 0 Å². The maximum absolute atomic E-state index is 6.12. The number of allylic oxidation sites excluding steroid dienone is 4. The second kappa shape index (κ2) is 7.34. The fourth-order valence-corrected chi connectivity index (χ4v) is 3.11. The van der Waals surface area contributed by atoms with Gasteiger partial charge in [-0.2, -0.15) is 0 Å². The van der Waals surface area contributed by atoms with Crippen molar-refractivity contribution in [2.75, 3.05) is 13.6 Å². The lowest BCUT2D eigenvalue weighted by atomic mass is 10.0. The second-order valence-corrected chi connectivity index (χ2v) is 6.93. The Morgan fingerprint density at radius 1 is 1.46 bits per heavy atom. The first kappa shape index (κ1) is 17.0. The molecule has 1 aromatic rings. The summed E-state index contributed by atoms with van der Waals surface area (Å²) in [6.45, 7) is 4.96. The number of aryl methyl sites for hydroxylation is 1. The summed E-state index contributed by atoms with van der Waals surface area (Å²) in [4.78, 5) is 11.1. The van der Waals surface area contributed by atoms with Gasteiger partial charge in [0.1, 0.15) is 6.10 Å². The fourth-order valence-electron chi connectivity index (χ4n) is 2.72. The Labute approximate surface area is 151 Å². The normalized spacial score (nSPS) is 19.2. The molecule has 1 aromatic heterocycles. The molecule has 0 saturated heterocycles. The molecule has 1 unspecified atom stereocenters. The van der Waals surface area contributed by atoms with Crippen molar-refractivity contribution in [2.45, 2.75) is 32.8 Å². The van der Waals surface area contributed by atoms with Gasteiger partial charge in [-0.25, -0.2) is 9.98 Å². The lowest BCUT2D eigenvalue weighted by Gasteiger charge is -2.14. The van der Waals surface area contributed by atoms with Gasteiger partial charge in [-0.1, -0.05) is 18.2 Å². The topological polar surface area (TPSA) is 37.7 Å². The van der Waals surface area contributed by atoms with E-state index in [2.05, 4.69) is 57.1 Å². The van der Waals surface area contributed by atoms with Crippen molar-refractivity contribution < 1.29 is 4.74 Å². The molecule has 0 aromatic carbocycles. The molecule has 0 amide bonds. The Bertz CT molecular complexity index is 749. The fraction of sp³-hybridized carbons (Fsp3) is 0.368. The average molecular weight is 388 g/mol. The molecule has 0 fully saturated rings. The third-order valence-corrected chi connectivity index (χ3v) is 4.82. The highest BCUT2D eigenvalue weighted by atomic mass is 79.9. The molecule has 0 aliphatic heterocycles. The zero-order chi connectivity index (χ0) is 17.1. The first-order valence-electron chi connectivity index (χ1n) is 8.21. The van der Waals surface area contributed by atoms with Crippen molar-refractivity contribution in [3.05, 3.63) is 51.7 Å². The standard InChI is InChI=1S/C19H22BrN3O/c1-4-23(3)12-21-18-11-17(20)19(22-13(18)2)24-16-9-14-7-5-6-8-15(14)10-16/h5-7,10-12,16H,4,8-9H2,1-3H3. The van der Waals surface area contributed by atoms with E-state index >= 15 is 0 Å². The third-order valence-electron chi connectivity index (χ3n) is 4.26. The number of ether oxygens (including phenoxy) is 1. The van der Waals surface area contributed by atoms with E-state index in [0.29, 0.717) is 5.88 Å². The Morgan fingerprint density at radius 2 is 2.29 bits per heavy atom. The van der Waals surface area contributed by atoms with Crippen LogP contribution in [0.4, 0.5) is 5.69 Å². The van der Waals surface area contributed by atoms with E-state index in [0.717, 1.165) is 35.2 Å². The van der Waals surface area contributed by atoms with E-state index in [1.165, 1.54) is 11.1 Å². The number of aromatic nitrogens is 1. The second-order valence-electron chi connectivity index (χ2n) is 6.07. The third kappa shape index (κ3) is 3.78. The minimum atomic E-state index is 0.0509. The molecule has 0 bridgehead atoms. The van der Waals surface area contributed by atoms with Gasteiger partial charge in [-0.05, 0) is 59.5 Å². The lowest BCUT2D eigenvalue weighted by molar-refractivity contribution is 0.244. The van der Waals surface area contributed by atoms with Gasteiger partial charge in [0.05, 0.1) is 22.2 Å². The van der Waals surface area contributed by atoms with E-state index in [1.807, 2.05) is 31.3 Å². The molecule has 0 radical (unpaired) electrons. The van der Waals surface area contributed by atoms with E-state index in [4.69, 9.17) is 4.74 Å². The Morgan fingerprint density at radius 3 is 3.04 bits per heavy atom. The SMILES string of the molecule is CCN(C)C=Nc1cc(Br)c(OC2C=C3CC=CC=C3C2)nc1C. The minimum Gasteiger partial charge on any atom is -0.469 e. The zero-order valence-electron chi connectivity index (χ0n) is 14.3. The zero-order valence-corrected chi connectivity index (χ0v) is 15.9. The number of rotatable bonds is 5. The summed E-state index contributed by atoms with van der Waals surface area (Å²) in [6, 6.07) is 1.97. The average Bonchev–Trinajstić information content (AvgIpc) is 2.98. The van der Waals surface area contributed by atoms with Crippen LogP contribution in [0.25, 0.3) is 0 Å². The van der Waals surface area contributed by atoms with Crippen LogP contribution in [0, 0.1) is 6.92 Å². The van der Waals surface area contributed by atoms with Crippen LogP contribution in [0.2, 0.25) is 0 Å². The lowest BCUT2D eigenvalue weighted by Crippen LogP contribution is -2.14. The van der Waals surface area contributed by atoms with E-state index in [1.54, 1.807) is 0 Å². The summed E-state index contributed by atoms with van der Waals surface area (Å²) >= 11 is 3.57. The first-order valence-corrected chi connectivity index (χ1v) is 9.01. The number of halogens is 1. The van der Waals surface area contributed by atoms with Crippen molar-refractivity contribution in [1.82, 2.24) is 9.88 Å². The Hall–Kier alpha value is -1.88. The maximum atomic E-state index is 6.12. The van der Waals surface area contributed by atoms with Gasteiger partial charge in [0.15, 0.2) is 0 Å². The molecule has 24 heavy (non-hydrogen) atoms. The molecule has 3 rings (SSSR count). The highest BCUT2D eigenvalue weighted by Gasteiger charge is 2.23. The van der Waals surface area contributed by atoms with E-state index < -0.39 is 0 Å². The summed E-state index contributed by atoms with van der Waals surface area (Å²) in [6.07, 6.45) is 12.5. The molecule has 0 N–H and O–H groups in total. The number of nitrogens with zero attached hydrogens (tertiary/aromatic N) is 3. The predicted molar refractivity (Wildman–Crippen MR) is 102 cm³/mol. The number of pyridine rings is 1. The molecule has 0 spiro atoms. The molecular weight excluding hydrogens is 366 g/mol. The Kier molecular flexibility index (Phi) is 5.19. The Balaban J connectivity index is 1.75. The van der Waals surface area contributed by atoms with Crippen molar-refractivity contribution in [3.8, 4) is 5.88 Å². The van der Waals surface area contributed by atoms with Gasteiger partial charge in [0, 0.05) is 20.0 Å². The summed E-state index contributed by atoms with van der Waals surface area (Å²) in [5, 5.41) is 0. The summed E-state index contributed by atoms with van der Waals surface area (Å²) in [5.74, 6) is 0.629. The molecule has 2 aliphatic carbocycles. The summed E-state index contributed by atoms with van der Waals surface area (Å²) in [5.41, 5.74) is 4.45. The highest BCUT2D eigenvalue weighted by Crippen LogP contribution is 2.35. The summed E-state index contributed by atoms with van der Waals surface area (Å²) in [7, 11) is 2.00. The number of hydrogen-bond acceptors (Lipinski definition) is 3. The van der Waals surface area contributed by atoms with Crippen LogP contribution < -0.4 is 4.74 Å². The van der Waals surface area contributed by atoms with Crippen LogP contribution >= 0.6 is 15.9 Å². The number of aliphatic imine (C=N–C) groups is 1. The van der Waals surface area contributed by atoms with Crippen LogP contribution in [0.1, 0.15) is 25.5 Å².